The third-order valence-corrected chi connectivity index (χ3v) is 25.8. The number of benzene rings is 19. The van der Waals surface area contributed by atoms with Crippen LogP contribution in [0.2, 0.25) is 0 Å². The second-order valence-corrected chi connectivity index (χ2v) is 32.4. The van der Waals surface area contributed by atoms with E-state index >= 15 is 0 Å². The molecule has 25 rings (SSSR count). The Hall–Kier alpha value is -15.9. The van der Waals surface area contributed by atoms with Crippen molar-refractivity contribution in [3.05, 3.63) is 437 Å². The van der Waals surface area contributed by atoms with Gasteiger partial charge in [0.15, 0.2) is 0 Å². The third kappa shape index (κ3) is 10.8. The fraction of sp³-hybridized carbons (Fsp3) is 0. The summed E-state index contributed by atoms with van der Waals surface area (Å²) in [6, 6.07) is 161. The Labute approximate surface area is 707 Å². The van der Waals surface area contributed by atoms with E-state index in [4.69, 9.17) is 9.47 Å². The van der Waals surface area contributed by atoms with Crippen LogP contribution in [0.5, 0.6) is 23.0 Å². The lowest BCUT2D eigenvalue weighted by molar-refractivity contribution is 0.487. The Bertz CT molecular complexity index is 7380. The zero-order chi connectivity index (χ0) is 80.0. The Balaban J connectivity index is 0.805. The molecule has 8 heteroatoms. The highest BCUT2D eigenvalue weighted by atomic mass is 16.5. The van der Waals surface area contributed by atoms with E-state index < -0.39 is 0 Å². The maximum Gasteiger partial charge on any atom is 0.256 e. The highest BCUT2D eigenvalue weighted by molar-refractivity contribution is 7.02. The number of nitrogens with zero attached hydrogens (tertiary/aromatic N) is 4. The summed E-state index contributed by atoms with van der Waals surface area (Å²) in [6.45, 7) is -0.703. The van der Waals surface area contributed by atoms with E-state index in [1.54, 1.807) is 0 Å². The monoisotopic (exact) mass is 1550 g/mol. The summed E-state index contributed by atoms with van der Waals surface area (Å²) in [7, 11) is 0. The van der Waals surface area contributed by atoms with Crippen molar-refractivity contribution >= 4 is 124 Å². The maximum absolute atomic E-state index is 7.93. The quantitative estimate of drug-likeness (QED) is 0.114. The second-order valence-electron chi connectivity index (χ2n) is 32.4. The maximum atomic E-state index is 7.93. The molecule has 21 aromatic rings. The van der Waals surface area contributed by atoms with Crippen molar-refractivity contribution in [3.63, 3.8) is 0 Å². The number of rotatable bonds is 12. The first kappa shape index (κ1) is 69.3. The van der Waals surface area contributed by atoms with Crippen LogP contribution in [0.3, 0.4) is 0 Å². The van der Waals surface area contributed by atoms with E-state index in [1.807, 2.05) is 0 Å². The first-order valence-corrected chi connectivity index (χ1v) is 42.1. The van der Waals surface area contributed by atoms with Crippen molar-refractivity contribution in [2.45, 2.75) is 0 Å². The number of aromatic nitrogens is 2. The van der Waals surface area contributed by atoms with Crippen molar-refractivity contribution in [3.8, 4) is 123 Å². The molecule has 0 amide bonds. The van der Waals surface area contributed by atoms with E-state index in [-0.39, 0.29) is 13.4 Å². The molecule has 0 fully saturated rings. The van der Waals surface area contributed by atoms with Gasteiger partial charge in [-0.15, -0.1) is 0 Å². The van der Waals surface area contributed by atoms with Crippen LogP contribution in [-0.4, -0.2) is 22.6 Å². The minimum atomic E-state index is -0.351. The fourth-order valence-electron chi connectivity index (χ4n) is 20.6. The van der Waals surface area contributed by atoms with Gasteiger partial charge in [-0.25, -0.2) is 0 Å². The molecule has 6 nitrogen and oxygen atoms in total. The summed E-state index contributed by atoms with van der Waals surface area (Å²) < 4.78 is 20.7. The SMILES string of the molecule is c1ccc(-c2ccccc2-c2ccc3c(c2)Oc2cc(-c4cccc5c4c4ccccc4n5-c4ccccc4)cc4c2B3c2cc3c(cc2N4c2ccccc2-c2ccccc2)N(c2ccccc2-c2ccccc2)c2cc(-c4cccc5c4c4ccccc4n5-c4ccccc4)cc4c2B3c2ccc(-c3ccccc3-c3ccccc3)cc2O4)cc1. The standard InChI is InChI=1S/C114H72B2N4O2/c1-7-33-73(34-8-1)83-45-19-21-47-85(83)77-61-63-93-107(67-77)121-109-69-79(89-53-31-59-101-111(89)91-51-25-29-57-99(91)117(101)81-41-15-5-16-42-81)65-105-113(109)115(93)95-71-96-104(72-103(95)119(105)97-55-27-23-49-87(97)75-37-11-3-12-38-75)120(98-56-28-24-50-88(98)76-39-13-4-14-40-76)106-66-80(90-54-32-60-102-112(90)92-52-26-30-58-100(92)118(102)82-43-17-6-18-44-82)70-110-114(106)116(96)94-64-62-78(68-108(94)122-110)86-48-22-20-46-84(86)74-35-9-2-10-36-74/h1-72H. The molecular formula is C114H72B2N4O2. The Morgan fingerprint density at radius 3 is 0.893 bits per heavy atom. The third-order valence-electron chi connectivity index (χ3n) is 25.8. The molecule has 0 unspecified atom stereocenters. The molecule has 4 aliphatic rings. The summed E-state index contributed by atoms with van der Waals surface area (Å²) in [4.78, 5) is 5.22. The molecule has 0 N–H and O–H groups in total. The summed E-state index contributed by atoms with van der Waals surface area (Å²) in [5.41, 5.74) is 37.3. The van der Waals surface area contributed by atoms with Gasteiger partial charge in [0, 0.05) is 66.8 Å². The lowest BCUT2D eigenvalue weighted by Gasteiger charge is -2.45. The lowest BCUT2D eigenvalue weighted by Crippen LogP contribution is -2.63. The Morgan fingerprint density at radius 1 is 0.180 bits per heavy atom. The van der Waals surface area contributed by atoms with Crippen molar-refractivity contribution in [2.75, 3.05) is 9.80 Å². The van der Waals surface area contributed by atoms with Gasteiger partial charge in [-0.1, -0.05) is 334 Å². The number of fused-ring (bicyclic) bond motifs is 14. The predicted molar refractivity (Wildman–Crippen MR) is 510 cm³/mol. The molecule has 0 spiro atoms. The van der Waals surface area contributed by atoms with Crippen molar-refractivity contribution in [2.24, 2.45) is 0 Å². The van der Waals surface area contributed by atoms with E-state index in [2.05, 4.69) is 456 Å². The average molecular weight is 1550 g/mol. The summed E-state index contributed by atoms with van der Waals surface area (Å²) in [5, 5.41) is 4.67. The lowest BCUT2D eigenvalue weighted by atomic mass is 9.30. The zero-order valence-electron chi connectivity index (χ0n) is 66.3. The molecule has 6 heterocycles. The van der Waals surface area contributed by atoms with E-state index in [0.29, 0.717) is 0 Å². The first-order chi connectivity index (χ1) is 60.6. The molecule has 4 aliphatic heterocycles. The topological polar surface area (TPSA) is 34.8 Å². The first-order valence-electron chi connectivity index (χ1n) is 42.1. The highest BCUT2D eigenvalue weighted by Crippen LogP contribution is 2.54. The molecule has 0 saturated carbocycles. The minimum Gasteiger partial charge on any atom is -0.458 e. The summed E-state index contributed by atoms with van der Waals surface area (Å²) in [5.74, 6) is 3.23. The van der Waals surface area contributed by atoms with Gasteiger partial charge in [0.2, 0.25) is 0 Å². The smallest absolute Gasteiger partial charge is 0.256 e. The molecule has 0 saturated heterocycles. The Kier molecular flexibility index (Phi) is 15.8. The second kappa shape index (κ2) is 27.9. The molecule has 19 aromatic carbocycles. The Morgan fingerprint density at radius 2 is 0.492 bits per heavy atom. The van der Waals surface area contributed by atoms with Gasteiger partial charge in [0.1, 0.15) is 23.0 Å². The normalized spacial score (nSPS) is 12.7. The summed E-state index contributed by atoms with van der Waals surface area (Å²) >= 11 is 0. The number of ether oxygens (including phenoxy) is 2. The van der Waals surface area contributed by atoms with Crippen LogP contribution < -0.4 is 52.1 Å². The van der Waals surface area contributed by atoms with Gasteiger partial charge in [0.25, 0.3) is 13.4 Å². The molecule has 0 aliphatic carbocycles. The number of hydrogen-bond donors (Lipinski definition) is 0. The van der Waals surface area contributed by atoms with Crippen LogP contribution in [0.1, 0.15) is 0 Å². The highest BCUT2D eigenvalue weighted by Gasteiger charge is 2.49. The van der Waals surface area contributed by atoms with Crippen LogP contribution in [0.15, 0.2) is 437 Å². The van der Waals surface area contributed by atoms with Gasteiger partial charge < -0.3 is 28.4 Å². The van der Waals surface area contributed by atoms with Crippen LogP contribution in [0, 0.1) is 0 Å². The van der Waals surface area contributed by atoms with Crippen molar-refractivity contribution in [1.29, 1.82) is 0 Å². The van der Waals surface area contributed by atoms with Gasteiger partial charge >= 0.3 is 0 Å². The van der Waals surface area contributed by atoms with Crippen LogP contribution >= 0.6 is 0 Å². The van der Waals surface area contributed by atoms with Gasteiger partial charge in [-0.2, -0.15) is 0 Å². The van der Waals surface area contributed by atoms with Crippen LogP contribution in [0.25, 0.3) is 144 Å². The van der Waals surface area contributed by atoms with Gasteiger partial charge in [-0.3, -0.25) is 0 Å². The van der Waals surface area contributed by atoms with Crippen LogP contribution in [-0.2, 0) is 0 Å². The largest absolute Gasteiger partial charge is 0.458 e. The van der Waals surface area contributed by atoms with E-state index in [0.717, 1.165) is 212 Å². The van der Waals surface area contributed by atoms with Crippen molar-refractivity contribution < 1.29 is 9.47 Å². The molecule has 0 radical (unpaired) electrons. The van der Waals surface area contributed by atoms with Crippen molar-refractivity contribution in [1.82, 2.24) is 9.13 Å². The average Bonchev–Trinajstić information content (AvgIpc) is 1.03. The molecular weight excluding hydrogens is 1480 g/mol. The number of para-hydroxylation sites is 6. The number of hydrogen-bond acceptors (Lipinski definition) is 4. The molecule has 2 aromatic heterocycles. The van der Waals surface area contributed by atoms with Gasteiger partial charge in [-0.05, 0) is 214 Å². The predicted octanol–water partition coefficient (Wildman–Crippen LogP) is 26.0. The zero-order valence-corrected chi connectivity index (χ0v) is 66.3. The van der Waals surface area contributed by atoms with Gasteiger partial charge in [0.05, 0.1) is 33.4 Å². The minimum absolute atomic E-state index is 0.351. The van der Waals surface area contributed by atoms with E-state index in [9.17, 15) is 0 Å². The molecule has 566 valence electrons. The summed E-state index contributed by atoms with van der Waals surface area (Å²) in [6.07, 6.45) is 0. The molecule has 0 bridgehead atoms. The van der Waals surface area contributed by atoms with E-state index in [1.165, 1.54) is 21.5 Å². The molecule has 122 heavy (non-hydrogen) atoms. The number of anilines is 6. The fourth-order valence-corrected chi connectivity index (χ4v) is 20.6. The van der Waals surface area contributed by atoms with Crippen LogP contribution in [0.4, 0.5) is 34.1 Å². The molecule has 0 atom stereocenters.